The first-order valence-electron chi connectivity index (χ1n) is 5.62. The Bertz CT molecular complexity index is 690. The fourth-order valence-corrected chi connectivity index (χ4v) is 4.36. The van der Waals surface area contributed by atoms with Crippen LogP contribution < -0.4 is 0 Å². The molecule has 0 aliphatic carbocycles. The average molecular weight is 385 g/mol. The predicted octanol–water partition coefficient (Wildman–Crippen LogP) is 5.83. The molecule has 0 N–H and O–H groups in total. The van der Waals surface area contributed by atoms with Crippen LogP contribution in [0.2, 0.25) is 0 Å². The highest BCUT2D eigenvalue weighted by Gasteiger charge is 2.17. The zero-order chi connectivity index (χ0) is 12.5. The summed E-state index contributed by atoms with van der Waals surface area (Å²) >= 11 is 10.8. The minimum absolute atomic E-state index is 0.0748. The van der Waals surface area contributed by atoms with E-state index in [0.29, 0.717) is 0 Å². The maximum Gasteiger partial charge on any atom is 0.0859 e. The van der Waals surface area contributed by atoms with Crippen molar-refractivity contribution in [2.24, 2.45) is 0 Å². The van der Waals surface area contributed by atoms with Crippen LogP contribution >= 0.6 is 45.5 Å². The Morgan fingerprint density at radius 3 is 2.50 bits per heavy atom. The second kappa shape index (κ2) is 5.19. The van der Waals surface area contributed by atoms with Gasteiger partial charge < -0.3 is 0 Å². The molecule has 1 aromatic heterocycles. The number of benzene rings is 2. The molecule has 0 saturated heterocycles. The van der Waals surface area contributed by atoms with Gasteiger partial charge in [-0.05, 0) is 56.6 Å². The highest BCUT2D eigenvalue weighted by Crippen LogP contribution is 2.38. The lowest BCUT2D eigenvalue weighted by Gasteiger charge is -2.11. The van der Waals surface area contributed by atoms with Crippen molar-refractivity contribution in [3.8, 4) is 0 Å². The van der Waals surface area contributed by atoms with Crippen molar-refractivity contribution in [2.45, 2.75) is 5.38 Å². The molecular weight excluding hydrogens is 375 g/mol. The standard InChI is InChI=1S/C15H10ClIS/c16-15(11-6-1-3-7-13(11)17)12-9-18-14-8-4-2-5-10(12)14/h1-9,15H. The fourth-order valence-electron chi connectivity index (χ4n) is 2.04. The van der Waals surface area contributed by atoms with E-state index in [1.807, 2.05) is 12.1 Å². The number of fused-ring (bicyclic) bond motifs is 1. The van der Waals surface area contributed by atoms with Crippen LogP contribution in [0.15, 0.2) is 53.9 Å². The topological polar surface area (TPSA) is 0 Å². The van der Waals surface area contributed by atoms with Crippen molar-refractivity contribution in [1.82, 2.24) is 0 Å². The third-order valence-corrected chi connectivity index (χ3v) is 5.40. The smallest absolute Gasteiger partial charge is 0.0859 e. The van der Waals surface area contributed by atoms with E-state index in [9.17, 15) is 0 Å². The lowest BCUT2D eigenvalue weighted by molar-refractivity contribution is 1.15. The first-order chi connectivity index (χ1) is 8.77. The Hall–Kier alpha value is -0.580. The third-order valence-electron chi connectivity index (χ3n) is 2.96. The molecule has 0 spiro atoms. The van der Waals surface area contributed by atoms with Gasteiger partial charge in [-0.25, -0.2) is 0 Å². The van der Waals surface area contributed by atoms with E-state index >= 15 is 0 Å². The van der Waals surface area contributed by atoms with E-state index < -0.39 is 0 Å². The van der Waals surface area contributed by atoms with Gasteiger partial charge in [0.2, 0.25) is 0 Å². The molecule has 3 rings (SSSR count). The maximum atomic E-state index is 6.66. The summed E-state index contributed by atoms with van der Waals surface area (Å²) in [5.41, 5.74) is 2.39. The van der Waals surface area contributed by atoms with Gasteiger partial charge in [0.1, 0.15) is 0 Å². The van der Waals surface area contributed by atoms with Crippen LogP contribution in [0.1, 0.15) is 16.5 Å². The van der Waals surface area contributed by atoms with Crippen LogP contribution in [0.25, 0.3) is 10.1 Å². The lowest BCUT2D eigenvalue weighted by atomic mass is 10.0. The highest BCUT2D eigenvalue weighted by molar-refractivity contribution is 14.1. The Morgan fingerprint density at radius 1 is 0.944 bits per heavy atom. The molecule has 1 atom stereocenters. The van der Waals surface area contributed by atoms with E-state index in [1.54, 1.807) is 11.3 Å². The van der Waals surface area contributed by atoms with Crippen molar-refractivity contribution in [2.75, 3.05) is 0 Å². The quantitative estimate of drug-likeness (QED) is 0.385. The molecule has 18 heavy (non-hydrogen) atoms. The molecular formula is C15H10ClIS. The molecule has 3 aromatic rings. The molecule has 0 nitrogen and oxygen atoms in total. The molecule has 0 bridgehead atoms. The zero-order valence-electron chi connectivity index (χ0n) is 9.44. The van der Waals surface area contributed by atoms with Gasteiger partial charge in [-0.15, -0.1) is 22.9 Å². The van der Waals surface area contributed by atoms with Gasteiger partial charge in [0.25, 0.3) is 0 Å². The Balaban J connectivity index is 2.13. The molecule has 3 heteroatoms. The molecule has 0 amide bonds. The minimum atomic E-state index is -0.0748. The van der Waals surface area contributed by atoms with E-state index in [2.05, 4.69) is 64.4 Å². The Kier molecular flexibility index (Phi) is 3.59. The first-order valence-corrected chi connectivity index (χ1v) is 8.01. The van der Waals surface area contributed by atoms with Gasteiger partial charge in [-0.1, -0.05) is 36.4 Å². The monoisotopic (exact) mass is 384 g/mol. The normalized spacial score (nSPS) is 12.8. The summed E-state index contributed by atoms with van der Waals surface area (Å²) < 4.78 is 2.51. The van der Waals surface area contributed by atoms with Gasteiger partial charge in [-0.2, -0.15) is 0 Å². The van der Waals surface area contributed by atoms with Crippen LogP contribution in [-0.2, 0) is 0 Å². The molecule has 0 aliphatic rings. The molecule has 1 heterocycles. The van der Waals surface area contributed by atoms with Crippen LogP contribution in [0.4, 0.5) is 0 Å². The summed E-state index contributed by atoms with van der Waals surface area (Å²) in [6.07, 6.45) is 0. The molecule has 2 aromatic carbocycles. The largest absolute Gasteiger partial charge is 0.143 e. The van der Waals surface area contributed by atoms with Gasteiger partial charge >= 0.3 is 0 Å². The second-order valence-corrected chi connectivity index (χ2v) is 6.58. The number of thiophene rings is 1. The number of hydrogen-bond donors (Lipinski definition) is 0. The van der Waals surface area contributed by atoms with Crippen LogP contribution in [-0.4, -0.2) is 0 Å². The highest BCUT2D eigenvalue weighted by atomic mass is 127. The van der Waals surface area contributed by atoms with Crippen molar-refractivity contribution in [3.63, 3.8) is 0 Å². The van der Waals surface area contributed by atoms with Crippen LogP contribution in [0.5, 0.6) is 0 Å². The first kappa shape index (κ1) is 12.5. The summed E-state index contributed by atoms with van der Waals surface area (Å²) in [6.45, 7) is 0. The predicted molar refractivity (Wildman–Crippen MR) is 88.7 cm³/mol. The number of rotatable bonds is 2. The second-order valence-electron chi connectivity index (χ2n) is 4.07. The average Bonchev–Trinajstić information content (AvgIpc) is 2.82. The van der Waals surface area contributed by atoms with Crippen molar-refractivity contribution >= 4 is 55.6 Å². The van der Waals surface area contributed by atoms with E-state index in [1.165, 1.54) is 24.8 Å². The Morgan fingerprint density at radius 2 is 1.67 bits per heavy atom. The molecule has 0 saturated carbocycles. The minimum Gasteiger partial charge on any atom is -0.143 e. The van der Waals surface area contributed by atoms with E-state index in [0.717, 1.165) is 0 Å². The molecule has 0 radical (unpaired) electrons. The van der Waals surface area contributed by atoms with Crippen molar-refractivity contribution < 1.29 is 0 Å². The van der Waals surface area contributed by atoms with Crippen LogP contribution in [0, 0.1) is 3.57 Å². The lowest BCUT2D eigenvalue weighted by Crippen LogP contribution is -1.94. The summed E-state index contributed by atoms with van der Waals surface area (Å²) in [6, 6.07) is 16.7. The maximum absolute atomic E-state index is 6.66. The molecule has 90 valence electrons. The van der Waals surface area contributed by atoms with Crippen molar-refractivity contribution in [3.05, 3.63) is 68.6 Å². The van der Waals surface area contributed by atoms with Crippen molar-refractivity contribution in [1.29, 1.82) is 0 Å². The van der Waals surface area contributed by atoms with Gasteiger partial charge in [0, 0.05) is 8.27 Å². The number of alkyl halides is 1. The zero-order valence-corrected chi connectivity index (χ0v) is 13.2. The summed E-state index contributed by atoms with van der Waals surface area (Å²) in [5, 5.41) is 3.36. The van der Waals surface area contributed by atoms with E-state index in [4.69, 9.17) is 11.6 Å². The summed E-state index contributed by atoms with van der Waals surface area (Å²) in [5.74, 6) is 0. The Labute approximate surface area is 129 Å². The number of halogens is 2. The summed E-state index contributed by atoms with van der Waals surface area (Å²) in [7, 11) is 0. The molecule has 1 unspecified atom stereocenters. The molecule has 0 aliphatic heterocycles. The van der Waals surface area contributed by atoms with Gasteiger partial charge in [-0.3, -0.25) is 0 Å². The SMILES string of the molecule is ClC(c1ccccc1I)c1csc2ccccc12. The molecule has 0 fully saturated rings. The van der Waals surface area contributed by atoms with Gasteiger partial charge in [0.05, 0.1) is 5.38 Å². The van der Waals surface area contributed by atoms with E-state index in [-0.39, 0.29) is 5.38 Å². The van der Waals surface area contributed by atoms with Crippen LogP contribution in [0.3, 0.4) is 0 Å². The summed E-state index contributed by atoms with van der Waals surface area (Å²) in [4.78, 5) is 0. The van der Waals surface area contributed by atoms with Gasteiger partial charge in [0.15, 0.2) is 0 Å². The third kappa shape index (κ3) is 2.17. The number of hydrogen-bond acceptors (Lipinski definition) is 1. The fraction of sp³-hybridized carbons (Fsp3) is 0.0667.